The number of rotatable bonds is 5. The van der Waals surface area contributed by atoms with E-state index in [1.165, 1.54) is 31.4 Å². The van der Waals surface area contributed by atoms with Gasteiger partial charge in [-0.2, -0.15) is 0 Å². The van der Waals surface area contributed by atoms with Gasteiger partial charge in [0.05, 0.1) is 6.54 Å². The van der Waals surface area contributed by atoms with Crippen LogP contribution in [-0.4, -0.2) is 104 Å². The number of nitrogens with zero attached hydrogens (tertiary/aromatic N) is 5. The molecule has 0 radical (unpaired) electrons. The fourth-order valence-corrected chi connectivity index (χ4v) is 5.63. The molecule has 3 atom stereocenters. The Balaban J connectivity index is 0.00000289. The predicted octanol–water partition coefficient (Wildman–Crippen LogP) is 2.80. The summed E-state index contributed by atoms with van der Waals surface area (Å²) in [5, 5.41) is 3.59. The minimum atomic E-state index is 0. The second-order valence-electron chi connectivity index (χ2n) is 9.75. The average molecular weight is 555 g/mol. The van der Waals surface area contributed by atoms with Crippen LogP contribution in [-0.2, 0) is 6.54 Å². The first-order valence-corrected chi connectivity index (χ1v) is 12.3. The van der Waals surface area contributed by atoms with Crippen molar-refractivity contribution in [1.82, 2.24) is 24.9 Å². The number of benzene rings is 1. The van der Waals surface area contributed by atoms with E-state index in [0.29, 0.717) is 12.1 Å². The van der Waals surface area contributed by atoms with Crippen LogP contribution in [0.5, 0.6) is 0 Å². The van der Waals surface area contributed by atoms with E-state index < -0.39 is 0 Å². The fraction of sp³-hybridized carbons (Fsp3) is 0.720. The molecular weight excluding hydrogens is 511 g/mol. The third-order valence-corrected chi connectivity index (χ3v) is 7.48. The second kappa shape index (κ2) is 12.5. The number of halogens is 1. The Morgan fingerprint density at radius 2 is 1.84 bits per heavy atom. The topological polar surface area (TPSA) is 37.4 Å². The smallest absolute Gasteiger partial charge is 0.193 e. The van der Waals surface area contributed by atoms with Gasteiger partial charge in [-0.05, 0) is 58.3 Å². The van der Waals surface area contributed by atoms with E-state index >= 15 is 0 Å². The molecule has 3 aliphatic rings. The molecule has 3 heterocycles. The van der Waals surface area contributed by atoms with Crippen LogP contribution < -0.4 is 5.32 Å². The molecule has 3 fully saturated rings. The molecule has 0 aliphatic carbocycles. The highest BCUT2D eigenvalue weighted by atomic mass is 127. The highest BCUT2D eigenvalue weighted by molar-refractivity contribution is 14.0. The Labute approximate surface area is 212 Å². The summed E-state index contributed by atoms with van der Waals surface area (Å²) in [6.07, 6.45) is 3.91. The van der Waals surface area contributed by atoms with Crippen LogP contribution in [0.1, 0.15) is 31.7 Å². The van der Waals surface area contributed by atoms with Crippen molar-refractivity contribution in [3.05, 3.63) is 35.9 Å². The van der Waals surface area contributed by atoms with E-state index in [4.69, 9.17) is 4.99 Å². The van der Waals surface area contributed by atoms with Gasteiger partial charge in [-0.3, -0.25) is 14.8 Å². The minimum Gasteiger partial charge on any atom is -0.357 e. The molecule has 6 nitrogen and oxygen atoms in total. The first-order valence-electron chi connectivity index (χ1n) is 12.3. The highest BCUT2D eigenvalue weighted by Crippen LogP contribution is 2.31. The summed E-state index contributed by atoms with van der Waals surface area (Å²) in [7, 11) is 4.47. The number of nitrogens with one attached hydrogen (secondary N) is 1. The van der Waals surface area contributed by atoms with Gasteiger partial charge in [0.15, 0.2) is 5.96 Å². The molecule has 7 heteroatoms. The molecule has 1 aromatic carbocycles. The minimum absolute atomic E-state index is 0. The zero-order valence-electron chi connectivity index (χ0n) is 20.2. The van der Waals surface area contributed by atoms with Crippen LogP contribution in [0.3, 0.4) is 0 Å². The zero-order valence-corrected chi connectivity index (χ0v) is 22.6. The van der Waals surface area contributed by atoms with E-state index in [2.05, 4.69) is 76.3 Å². The number of likely N-dealkylation sites (tertiary alicyclic amines) is 2. The first kappa shape index (κ1) is 25.7. The summed E-state index contributed by atoms with van der Waals surface area (Å²) in [6, 6.07) is 12.2. The van der Waals surface area contributed by atoms with Crippen LogP contribution in [0.15, 0.2) is 35.3 Å². The SMILES string of the molecule is CCNC(=NCC1CN(C)CCN1C)N1CCC2C(CCCN2Cc2ccccc2)C1.I. The summed E-state index contributed by atoms with van der Waals surface area (Å²) in [5.41, 5.74) is 1.45. The maximum Gasteiger partial charge on any atom is 0.193 e. The molecule has 0 bridgehead atoms. The first-order chi connectivity index (χ1) is 15.1. The number of guanidine groups is 1. The number of likely N-dealkylation sites (N-methyl/N-ethyl adjacent to an activating group) is 2. The van der Waals surface area contributed by atoms with Gasteiger partial charge in [0.1, 0.15) is 0 Å². The Bertz CT molecular complexity index is 714. The number of fused-ring (bicyclic) bond motifs is 1. The third-order valence-electron chi connectivity index (χ3n) is 7.48. The lowest BCUT2D eigenvalue weighted by atomic mass is 9.83. The van der Waals surface area contributed by atoms with E-state index in [9.17, 15) is 0 Å². The molecule has 3 unspecified atom stereocenters. The van der Waals surface area contributed by atoms with Crippen molar-refractivity contribution >= 4 is 29.9 Å². The number of piperazine rings is 1. The number of aliphatic imine (C=N–C) groups is 1. The van der Waals surface area contributed by atoms with Crippen molar-refractivity contribution in [2.45, 2.75) is 44.8 Å². The van der Waals surface area contributed by atoms with Crippen molar-refractivity contribution in [3.63, 3.8) is 0 Å². The lowest BCUT2D eigenvalue weighted by Gasteiger charge is -2.48. The lowest BCUT2D eigenvalue weighted by Crippen LogP contribution is -2.57. The Kier molecular flexibility index (Phi) is 10.1. The number of hydrogen-bond acceptors (Lipinski definition) is 4. The largest absolute Gasteiger partial charge is 0.357 e. The van der Waals surface area contributed by atoms with E-state index in [1.54, 1.807) is 0 Å². The summed E-state index contributed by atoms with van der Waals surface area (Å²) < 4.78 is 0. The van der Waals surface area contributed by atoms with E-state index in [0.717, 1.165) is 64.2 Å². The quantitative estimate of drug-likeness (QED) is 0.345. The maximum atomic E-state index is 5.12. The molecule has 0 spiro atoms. The standard InChI is InChI=1S/C25H42N6.HI/c1-4-26-25(27-17-23-20-28(2)15-16-29(23)3)31-14-12-24-22(19-31)11-8-13-30(24)18-21-9-6-5-7-10-21;/h5-7,9-10,22-24H,4,8,11-20H2,1-3H3,(H,26,27);1H. The highest BCUT2D eigenvalue weighted by Gasteiger charge is 2.36. The molecule has 3 saturated heterocycles. The summed E-state index contributed by atoms with van der Waals surface area (Å²) in [6.45, 7) is 12.0. The molecule has 180 valence electrons. The summed E-state index contributed by atoms with van der Waals surface area (Å²) in [5.74, 6) is 1.88. The Morgan fingerprint density at radius 1 is 1.03 bits per heavy atom. The molecule has 4 rings (SSSR count). The van der Waals surface area contributed by atoms with Gasteiger partial charge in [0.2, 0.25) is 0 Å². The molecule has 0 amide bonds. The molecule has 0 aromatic heterocycles. The van der Waals surface area contributed by atoms with Gasteiger partial charge in [-0.1, -0.05) is 30.3 Å². The van der Waals surface area contributed by atoms with Gasteiger partial charge in [0, 0.05) is 57.9 Å². The molecule has 0 saturated carbocycles. The molecular formula is C25H43IN6. The third kappa shape index (κ3) is 6.58. The average Bonchev–Trinajstić information content (AvgIpc) is 2.79. The normalized spacial score (nSPS) is 28.2. The summed E-state index contributed by atoms with van der Waals surface area (Å²) in [4.78, 5) is 15.3. The summed E-state index contributed by atoms with van der Waals surface area (Å²) >= 11 is 0. The zero-order chi connectivity index (χ0) is 21.6. The molecule has 1 aromatic rings. The Morgan fingerprint density at radius 3 is 2.62 bits per heavy atom. The molecule has 32 heavy (non-hydrogen) atoms. The van der Waals surface area contributed by atoms with Crippen molar-refractivity contribution in [2.24, 2.45) is 10.9 Å². The monoisotopic (exact) mass is 554 g/mol. The van der Waals surface area contributed by atoms with Gasteiger partial charge in [-0.15, -0.1) is 24.0 Å². The van der Waals surface area contributed by atoms with Crippen molar-refractivity contribution in [2.75, 3.05) is 66.5 Å². The lowest BCUT2D eigenvalue weighted by molar-refractivity contribution is 0.0371. The predicted molar refractivity (Wildman–Crippen MR) is 145 cm³/mol. The maximum absolute atomic E-state index is 5.12. The van der Waals surface area contributed by atoms with Gasteiger partial charge in [-0.25, -0.2) is 0 Å². The Hall–Kier alpha value is -0.900. The van der Waals surface area contributed by atoms with Crippen molar-refractivity contribution < 1.29 is 0 Å². The molecule has 3 aliphatic heterocycles. The number of hydrogen-bond donors (Lipinski definition) is 1. The van der Waals surface area contributed by atoms with Crippen molar-refractivity contribution in [1.29, 1.82) is 0 Å². The van der Waals surface area contributed by atoms with Crippen LogP contribution in [0.2, 0.25) is 0 Å². The van der Waals surface area contributed by atoms with Gasteiger partial charge in [0.25, 0.3) is 0 Å². The van der Waals surface area contributed by atoms with Gasteiger partial charge < -0.3 is 15.1 Å². The second-order valence-corrected chi connectivity index (χ2v) is 9.75. The van der Waals surface area contributed by atoms with Crippen LogP contribution in [0.25, 0.3) is 0 Å². The van der Waals surface area contributed by atoms with E-state index in [1.807, 2.05) is 0 Å². The molecule has 1 N–H and O–H groups in total. The van der Waals surface area contributed by atoms with Crippen LogP contribution in [0, 0.1) is 5.92 Å². The van der Waals surface area contributed by atoms with E-state index in [-0.39, 0.29) is 24.0 Å². The van der Waals surface area contributed by atoms with Crippen LogP contribution in [0.4, 0.5) is 0 Å². The van der Waals surface area contributed by atoms with Crippen molar-refractivity contribution in [3.8, 4) is 0 Å². The van der Waals surface area contributed by atoms with Gasteiger partial charge >= 0.3 is 0 Å². The number of piperidine rings is 2. The van der Waals surface area contributed by atoms with Crippen LogP contribution >= 0.6 is 24.0 Å². The fourth-order valence-electron chi connectivity index (χ4n) is 5.63.